The van der Waals surface area contributed by atoms with E-state index in [1.807, 2.05) is 12.1 Å². The van der Waals surface area contributed by atoms with Crippen LogP contribution in [0.4, 0.5) is 0 Å². The van der Waals surface area contributed by atoms with Crippen molar-refractivity contribution in [1.29, 1.82) is 0 Å². The molecule has 130 valence electrons. The first-order valence-electron chi connectivity index (χ1n) is 8.58. The van der Waals surface area contributed by atoms with Crippen molar-refractivity contribution in [1.82, 2.24) is 0 Å². The quantitative estimate of drug-likeness (QED) is 0.501. The molecular weight excluding hydrogens is 304 g/mol. The van der Waals surface area contributed by atoms with Crippen LogP contribution in [0.15, 0.2) is 29.8 Å². The average molecular weight is 330 g/mol. The number of Topliss-reactive ketones (excluding diaryl/α,β-unsaturated/α-hetero) is 2. The van der Waals surface area contributed by atoms with Gasteiger partial charge in [0.1, 0.15) is 11.6 Å². The Bertz CT molecular complexity index is 617. The second-order valence-electron chi connectivity index (χ2n) is 6.25. The van der Waals surface area contributed by atoms with Gasteiger partial charge < -0.3 is 9.47 Å². The molecule has 0 atom stereocenters. The molecule has 0 spiro atoms. The number of carbonyl (C=O) groups excluding carboxylic acids is 2. The second-order valence-corrected chi connectivity index (χ2v) is 6.25. The number of benzene rings is 1. The third-order valence-corrected chi connectivity index (χ3v) is 4.49. The maximum absolute atomic E-state index is 11.5. The number of aryl methyl sites for hydroxylation is 1. The molecular formula is C20H26O4. The van der Waals surface area contributed by atoms with E-state index in [0.717, 1.165) is 37.2 Å². The lowest BCUT2D eigenvalue weighted by atomic mass is 9.92. The summed E-state index contributed by atoms with van der Waals surface area (Å²) in [6, 6.07) is 6.05. The van der Waals surface area contributed by atoms with Crippen molar-refractivity contribution in [2.24, 2.45) is 5.92 Å². The van der Waals surface area contributed by atoms with E-state index in [2.05, 4.69) is 19.1 Å². The van der Waals surface area contributed by atoms with Gasteiger partial charge in [0.2, 0.25) is 6.79 Å². The van der Waals surface area contributed by atoms with Gasteiger partial charge >= 0.3 is 0 Å². The highest BCUT2D eigenvalue weighted by Crippen LogP contribution is 2.32. The molecule has 1 heterocycles. The van der Waals surface area contributed by atoms with Gasteiger partial charge in [-0.05, 0) is 63.6 Å². The van der Waals surface area contributed by atoms with Crippen LogP contribution in [0.3, 0.4) is 0 Å². The van der Waals surface area contributed by atoms with Gasteiger partial charge in [-0.1, -0.05) is 24.6 Å². The molecule has 2 rings (SSSR count). The van der Waals surface area contributed by atoms with Crippen molar-refractivity contribution < 1.29 is 19.1 Å². The summed E-state index contributed by atoms with van der Waals surface area (Å²) in [7, 11) is 0. The van der Waals surface area contributed by atoms with Crippen molar-refractivity contribution in [3.63, 3.8) is 0 Å². The summed E-state index contributed by atoms with van der Waals surface area (Å²) in [5.74, 6) is 1.12. The highest BCUT2D eigenvalue weighted by molar-refractivity contribution is 6.00. The first-order valence-corrected chi connectivity index (χ1v) is 8.58. The Morgan fingerprint density at radius 2 is 1.88 bits per heavy atom. The molecule has 1 aromatic rings. The standard InChI is InChI=1S/C20H26O4/c1-4-16(8-10-18(14(2)21)15(3)22)6-5-7-17-9-11-19-20(12-17)24-13-23-19/h6,9,11-12,18H,4-5,7-8,10,13H2,1-3H3/b16-6+. The number of fused-ring (bicyclic) bond motifs is 1. The minimum atomic E-state index is -0.450. The zero-order valence-corrected chi connectivity index (χ0v) is 14.8. The monoisotopic (exact) mass is 330 g/mol. The number of ether oxygens (including phenoxy) is 2. The van der Waals surface area contributed by atoms with E-state index in [1.165, 1.54) is 25.0 Å². The van der Waals surface area contributed by atoms with Crippen LogP contribution in [0.2, 0.25) is 0 Å². The summed E-state index contributed by atoms with van der Waals surface area (Å²) in [5, 5.41) is 0. The Hall–Kier alpha value is -2.10. The molecule has 0 aliphatic carbocycles. The number of ketones is 2. The highest BCUT2D eigenvalue weighted by atomic mass is 16.7. The van der Waals surface area contributed by atoms with Crippen LogP contribution in [-0.2, 0) is 16.0 Å². The predicted octanol–water partition coefficient (Wildman–Crippen LogP) is 4.26. The van der Waals surface area contributed by atoms with Crippen LogP contribution >= 0.6 is 0 Å². The Kier molecular flexibility index (Phi) is 6.59. The lowest BCUT2D eigenvalue weighted by molar-refractivity contribution is -0.130. The zero-order valence-electron chi connectivity index (χ0n) is 14.8. The molecule has 0 unspecified atom stereocenters. The number of hydrogen-bond acceptors (Lipinski definition) is 4. The molecule has 4 heteroatoms. The average Bonchev–Trinajstić information content (AvgIpc) is 3.00. The van der Waals surface area contributed by atoms with Crippen LogP contribution in [0, 0.1) is 5.92 Å². The molecule has 0 bridgehead atoms. The maximum Gasteiger partial charge on any atom is 0.231 e. The number of hydrogen-bond donors (Lipinski definition) is 0. The first kappa shape index (κ1) is 18.2. The molecule has 0 radical (unpaired) electrons. The summed E-state index contributed by atoms with van der Waals surface area (Å²) in [6.45, 7) is 5.41. The van der Waals surface area contributed by atoms with Gasteiger partial charge in [-0.3, -0.25) is 9.59 Å². The molecule has 1 aromatic carbocycles. The smallest absolute Gasteiger partial charge is 0.231 e. The van der Waals surface area contributed by atoms with Gasteiger partial charge in [0.25, 0.3) is 0 Å². The van der Waals surface area contributed by atoms with Crippen molar-refractivity contribution in [2.45, 2.75) is 52.9 Å². The summed E-state index contributed by atoms with van der Waals surface area (Å²) >= 11 is 0. The van der Waals surface area contributed by atoms with Crippen LogP contribution in [0.25, 0.3) is 0 Å². The minimum Gasteiger partial charge on any atom is -0.454 e. The van der Waals surface area contributed by atoms with E-state index in [4.69, 9.17) is 9.47 Å². The fourth-order valence-electron chi connectivity index (χ4n) is 2.99. The molecule has 0 saturated heterocycles. The Morgan fingerprint density at radius 3 is 2.54 bits per heavy atom. The molecule has 0 N–H and O–H groups in total. The fraction of sp³-hybridized carbons (Fsp3) is 0.500. The van der Waals surface area contributed by atoms with Gasteiger partial charge in [0, 0.05) is 0 Å². The van der Waals surface area contributed by atoms with E-state index in [-0.39, 0.29) is 11.6 Å². The van der Waals surface area contributed by atoms with Crippen molar-refractivity contribution >= 4 is 11.6 Å². The van der Waals surface area contributed by atoms with Crippen LogP contribution in [0.1, 0.15) is 52.0 Å². The van der Waals surface area contributed by atoms with Crippen LogP contribution in [-0.4, -0.2) is 18.4 Å². The molecule has 1 aliphatic heterocycles. The number of allylic oxidation sites excluding steroid dienone is 2. The molecule has 0 saturated carbocycles. The topological polar surface area (TPSA) is 52.6 Å². The molecule has 0 aromatic heterocycles. The molecule has 1 aliphatic rings. The SMILES string of the molecule is CC/C(=C\CCc1ccc2c(c1)OCO2)CCC(C(C)=O)C(C)=O. The zero-order chi connectivity index (χ0) is 17.5. The van der Waals surface area contributed by atoms with E-state index in [1.54, 1.807) is 0 Å². The Balaban J connectivity index is 1.86. The number of rotatable bonds is 9. The van der Waals surface area contributed by atoms with Crippen LogP contribution in [0.5, 0.6) is 11.5 Å². The molecule has 24 heavy (non-hydrogen) atoms. The van der Waals surface area contributed by atoms with Gasteiger partial charge in [-0.15, -0.1) is 0 Å². The Labute approximate surface area is 143 Å². The molecule has 0 fully saturated rings. The number of carbonyl (C=O) groups is 2. The highest BCUT2D eigenvalue weighted by Gasteiger charge is 2.19. The largest absolute Gasteiger partial charge is 0.454 e. The molecule has 4 nitrogen and oxygen atoms in total. The van der Waals surface area contributed by atoms with E-state index < -0.39 is 5.92 Å². The minimum absolute atomic E-state index is 0.0293. The summed E-state index contributed by atoms with van der Waals surface area (Å²) in [4.78, 5) is 23.0. The van der Waals surface area contributed by atoms with Crippen LogP contribution < -0.4 is 9.47 Å². The third kappa shape index (κ3) is 4.95. The van der Waals surface area contributed by atoms with Crippen molar-refractivity contribution in [3.05, 3.63) is 35.4 Å². The van der Waals surface area contributed by atoms with E-state index in [9.17, 15) is 9.59 Å². The van der Waals surface area contributed by atoms with Gasteiger partial charge in [0.05, 0.1) is 5.92 Å². The van der Waals surface area contributed by atoms with Gasteiger partial charge in [-0.25, -0.2) is 0 Å². The maximum atomic E-state index is 11.5. The second kappa shape index (κ2) is 8.67. The van der Waals surface area contributed by atoms with Crippen molar-refractivity contribution in [2.75, 3.05) is 6.79 Å². The summed E-state index contributed by atoms with van der Waals surface area (Å²) < 4.78 is 10.7. The normalized spacial score (nSPS) is 13.4. The lowest BCUT2D eigenvalue weighted by Gasteiger charge is -2.11. The summed E-state index contributed by atoms with van der Waals surface area (Å²) in [5.41, 5.74) is 2.53. The predicted molar refractivity (Wildman–Crippen MR) is 93.3 cm³/mol. The van der Waals surface area contributed by atoms with E-state index >= 15 is 0 Å². The Morgan fingerprint density at radius 1 is 1.17 bits per heavy atom. The molecule has 0 amide bonds. The van der Waals surface area contributed by atoms with E-state index in [0.29, 0.717) is 13.2 Å². The van der Waals surface area contributed by atoms with Crippen molar-refractivity contribution in [3.8, 4) is 11.5 Å². The fourth-order valence-corrected chi connectivity index (χ4v) is 2.99. The van der Waals surface area contributed by atoms with Gasteiger partial charge in [0.15, 0.2) is 11.5 Å². The third-order valence-electron chi connectivity index (χ3n) is 4.49. The van der Waals surface area contributed by atoms with Gasteiger partial charge in [-0.2, -0.15) is 0 Å². The summed E-state index contributed by atoms with van der Waals surface area (Å²) in [6.07, 6.45) is 6.48. The lowest BCUT2D eigenvalue weighted by Crippen LogP contribution is -2.19. The first-order chi connectivity index (χ1) is 11.5.